The molecule has 0 N–H and O–H groups in total. The zero-order chi connectivity index (χ0) is 19.6. The molecule has 0 bridgehead atoms. The standard InChI is InChI=1S/C18H23N3O4S2/c1-14-4-6-16(7-5-14)27(24,25)20-9-3-8-19(10-11-20)17(22)12-21-15(2)13-26-18(21)23/h4-7,13H,3,8-12H2,1-2H3. The monoisotopic (exact) mass is 409 g/mol. The number of amides is 1. The lowest BCUT2D eigenvalue weighted by molar-refractivity contribution is -0.131. The van der Waals surface area contributed by atoms with Crippen molar-refractivity contribution in [1.29, 1.82) is 0 Å². The fourth-order valence-electron chi connectivity index (χ4n) is 3.07. The van der Waals surface area contributed by atoms with Crippen LogP contribution in [0.4, 0.5) is 0 Å². The van der Waals surface area contributed by atoms with Crippen LogP contribution in [0.5, 0.6) is 0 Å². The van der Waals surface area contributed by atoms with Crippen LogP contribution in [-0.4, -0.2) is 54.3 Å². The molecule has 7 nitrogen and oxygen atoms in total. The van der Waals surface area contributed by atoms with Gasteiger partial charge in [-0.2, -0.15) is 4.31 Å². The normalized spacial score (nSPS) is 16.3. The zero-order valence-corrected chi connectivity index (χ0v) is 17.1. The second kappa shape index (κ2) is 7.95. The van der Waals surface area contributed by atoms with Crippen LogP contribution in [0, 0.1) is 13.8 Å². The summed E-state index contributed by atoms with van der Waals surface area (Å²) < 4.78 is 28.6. The van der Waals surface area contributed by atoms with E-state index in [0.717, 1.165) is 22.6 Å². The molecule has 1 aromatic carbocycles. The largest absolute Gasteiger partial charge is 0.340 e. The van der Waals surface area contributed by atoms with Gasteiger partial charge < -0.3 is 4.90 Å². The summed E-state index contributed by atoms with van der Waals surface area (Å²) in [7, 11) is -3.57. The van der Waals surface area contributed by atoms with E-state index in [-0.39, 0.29) is 28.8 Å². The third-order valence-electron chi connectivity index (χ3n) is 4.74. The fourth-order valence-corrected chi connectivity index (χ4v) is 5.28. The number of hydrogen-bond donors (Lipinski definition) is 0. The number of carbonyl (C=O) groups is 1. The molecule has 1 aromatic heterocycles. The van der Waals surface area contributed by atoms with E-state index in [1.807, 2.05) is 6.92 Å². The van der Waals surface area contributed by atoms with Crippen LogP contribution in [0.15, 0.2) is 39.3 Å². The number of aryl methyl sites for hydroxylation is 2. The molecule has 0 aliphatic carbocycles. The van der Waals surface area contributed by atoms with Gasteiger partial charge in [0.15, 0.2) is 0 Å². The quantitative estimate of drug-likeness (QED) is 0.766. The first kappa shape index (κ1) is 19.8. The molecule has 27 heavy (non-hydrogen) atoms. The number of carbonyl (C=O) groups excluding carboxylic acids is 1. The van der Waals surface area contributed by atoms with Gasteiger partial charge in [0, 0.05) is 37.3 Å². The van der Waals surface area contributed by atoms with Crippen molar-refractivity contribution < 1.29 is 13.2 Å². The predicted molar refractivity (Wildman–Crippen MR) is 104 cm³/mol. The maximum absolute atomic E-state index is 12.9. The Morgan fingerprint density at radius 2 is 1.78 bits per heavy atom. The Bertz CT molecular complexity index is 977. The van der Waals surface area contributed by atoms with Crippen LogP contribution >= 0.6 is 11.3 Å². The van der Waals surface area contributed by atoms with E-state index < -0.39 is 10.0 Å². The highest BCUT2D eigenvalue weighted by atomic mass is 32.2. The van der Waals surface area contributed by atoms with Gasteiger partial charge in [-0.25, -0.2) is 8.42 Å². The summed E-state index contributed by atoms with van der Waals surface area (Å²) in [5.41, 5.74) is 1.76. The molecule has 0 saturated carbocycles. The van der Waals surface area contributed by atoms with Gasteiger partial charge in [-0.05, 0) is 32.4 Å². The van der Waals surface area contributed by atoms with Crippen LogP contribution in [0.25, 0.3) is 0 Å². The van der Waals surface area contributed by atoms with Crippen LogP contribution in [-0.2, 0) is 21.4 Å². The van der Waals surface area contributed by atoms with Crippen molar-refractivity contribution in [2.75, 3.05) is 26.2 Å². The fraction of sp³-hybridized carbons (Fsp3) is 0.444. The summed E-state index contributed by atoms with van der Waals surface area (Å²) in [6, 6.07) is 6.79. The van der Waals surface area contributed by atoms with E-state index in [1.165, 1.54) is 8.87 Å². The molecule has 0 unspecified atom stereocenters. The molecule has 1 saturated heterocycles. The van der Waals surface area contributed by atoms with Gasteiger partial charge in [0.25, 0.3) is 0 Å². The lowest BCUT2D eigenvalue weighted by atomic mass is 10.2. The summed E-state index contributed by atoms with van der Waals surface area (Å²) in [4.78, 5) is 26.2. The van der Waals surface area contributed by atoms with E-state index in [4.69, 9.17) is 0 Å². The smallest absolute Gasteiger partial charge is 0.307 e. The molecule has 3 rings (SSSR count). The average Bonchev–Trinajstić information content (AvgIpc) is 2.84. The Kier molecular flexibility index (Phi) is 5.83. The SMILES string of the molecule is Cc1ccc(S(=O)(=O)N2CCCN(C(=O)Cn3c(C)csc3=O)CC2)cc1. The molecule has 146 valence electrons. The minimum atomic E-state index is -3.57. The van der Waals surface area contributed by atoms with Gasteiger partial charge in [-0.3, -0.25) is 14.2 Å². The number of thiazole rings is 1. The number of sulfonamides is 1. The van der Waals surface area contributed by atoms with E-state index >= 15 is 0 Å². The Hall–Kier alpha value is -1.97. The molecule has 1 aliphatic rings. The maximum atomic E-state index is 12.9. The first-order valence-electron chi connectivity index (χ1n) is 8.78. The van der Waals surface area contributed by atoms with Crippen molar-refractivity contribution in [3.8, 4) is 0 Å². The van der Waals surface area contributed by atoms with Crippen LogP contribution in [0.3, 0.4) is 0 Å². The molecule has 9 heteroatoms. The number of hydrogen-bond acceptors (Lipinski definition) is 5. The average molecular weight is 410 g/mol. The molecule has 1 aliphatic heterocycles. The van der Waals surface area contributed by atoms with E-state index in [1.54, 1.807) is 41.5 Å². The predicted octanol–water partition coefficient (Wildman–Crippen LogP) is 1.45. The second-order valence-corrected chi connectivity index (χ2v) is 9.44. The van der Waals surface area contributed by atoms with Gasteiger partial charge in [0.1, 0.15) is 6.54 Å². The zero-order valence-electron chi connectivity index (χ0n) is 15.4. The van der Waals surface area contributed by atoms with E-state index in [9.17, 15) is 18.0 Å². The molecule has 2 aromatic rings. The van der Waals surface area contributed by atoms with E-state index in [2.05, 4.69) is 0 Å². The Morgan fingerprint density at radius 3 is 2.41 bits per heavy atom. The Labute approximate surface area is 162 Å². The third kappa shape index (κ3) is 4.31. The minimum absolute atomic E-state index is 0.00111. The first-order chi connectivity index (χ1) is 12.8. The molecule has 1 amide bonds. The molecular weight excluding hydrogens is 386 g/mol. The third-order valence-corrected chi connectivity index (χ3v) is 7.53. The molecule has 0 radical (unpaired) electrons. The lowest BCUT2D eigenvalue weighted by Crippen LogP contribution is -2.39. The van der Waals surface area contributed by atoms with Gasteiger partial charge in [0.2, 0.25) is 15.9 Å². The molecule has 0 spiro atoms. The summed E-state index contributed by atoms with van der Waals surface area (Å²) in [5.74, 6) is -0.159. The minimum Gasteiger partial charge on any atom is -0.340 e. The van der Waals surface area contributed by atoms with E-state index in [0.29, 0.717) is 26.1 Å². The summed E-state index contributed by atoms with van der Waals surface area (Å²) in [5, 5.41) is 1.73. The Morgan fingerprint density at radius 1 is 1.07 bits per heavy atom. The highest BCUT2D eigenvalue weighted by Gasteiger charge is 2.28. The van der Waals surface area contributed by atoms with Crippen LogP contribution in [0.2, 0.25) is 0 Å². The molecule has 1 fully saturated rings. The lowest BCUT2D eigenvalue weighted by Gasteiger charge is -2.22. The molecule has 0 atom stereocenters. The Balaban J connectivity index is 1.69. The first-order valence-corrected chi connectivity index (χ1v) is 11.1. The van der Waals surface area contributed by atoms with Gasteiger partial charge in [-0.15, -0.1) is 0 Å². The van der Waals surface area contributed by atoms with Crippen molar-refractivity contribution in [1.82, 2.24) is 13.8 Å². The second-order valence-electron chi connectivity index (χ2n) is 6.68. The molecule has 2 heterocycles. The van der Waals surface area contributed by atoms with Crippen molar-refractivity contribution in [2.24, 2.45) is 0 Å². The van der Waals surface area contributed by atoms with Gasteiger partial charge in [0.05, 0.1) is 4.90 Å². The number of rotatable bonds is 4. The van der Waals surface area contributed by atoms with Crippen LogP contribution < -0.4 is 4.87 Å². The van der Waals surface area contributed by atoms with Crippen molar-refractivity contribution in [3.63, 3.8) is 0 Å². The highest BCUT2D eigenvalue weighted by molar-refractivity contribution is 7.89. The topological polar surface area (TPSA) is 79.7 Å². The van der Waals surface area contributed by atoms with Crippen molar-refractivity contribution >= 4 is 27.3 Å². The number of aromatic nitrogens is 1. The van der Waals surface area contributed by atoms with Crippen molar-refractivity contribution in [2.45, 2.75) is 31.7 Å². The number of benzene rings is 1. The van der Waals surface area contributed by atoms with Gasteiger partial charge >= 0.3 is 4.87 Å². The highest BCUT2D eigenvalue weighted by Crippen LogP contribution is 2.18. The number of nitrogens with zero attached hydrogens (tertiary/aromatic N) is 3. The summed E-state index contributed by atoms with van der Waals surface area (Å²) >= 11 is 1.08. The van der Waals surface area contributed by atoms with Gasteiger partial charge in [-0.1, -0.05) is 29.0 Å². The maximum Gasteiger partial charge on any atom is 0.307 e. The summed E-state index contributed by atoms with van der Waals surface area (Å²) in [6.07, 6.45) is 0.564. The van der Waals surface area contributed by atoms with Crippen LogP contribution in [0.1, 0.15) is 17.7 Å². The molecular formula is C18H23N3O4S2. The van der Waals surface area contributed by atoms with Crippen molar-refractivity contribution in [3.05, 3.63) is 50.6 Å². The summed E-state index contributed by atoms with van der Waals surface area (Å²) in [6.45, 7) is 5.13.